The Kier molecular flexibility index (Phi) is 5.40. The Morgan fingerprint density at radius 1 is 1.50 bits per heavy atom. The van der Waals surface area contributed by atoms with Gasteiger partial charge in [0, 0.05) is 13.1 Å². The molecule has 0 aromatic carbocycles. The molecule has 104 valence electrons. The van der Waals surface area contributed by atoms with Gasteiger partial charge in [-0.05, 0) is 26.4 Å². The molecule has 1 rings (SSSR count). The lowest BCUT2D eigenvalue weighted by Crippen LogP contribution is -2.49. The van der Waals surface area contributed by atoms with Crippen LogP contribution >= 0.6 is 0 Å². The summed E-state index contributed by atoms with van der Waals surface area (Å²) in [6.07, 6.45) is 3.22. The van der Waals surface area contributed by atoms with Gasteiger partial charge < -0.3 is 21.2 Å². The molecule has 1 saturated carbocycles. The molecule has 1 aliphatic carbocycles. The van der Waals surface area contributed by atoms with Gasteiger partial charge in [0.2, 0.25) is 5.91 Å². The van der Waals surface area contributed by atoms with Crippen LogP contribution in [0.15, 0.2) is 5.16 Å². The van der Waals surface area contributed by atoms with Crippen molar-refractivity contribution in [3.05, 3.63) is 0 Å². The summed E-state index contributed by atoms with van der Waals surface area (Å²) in [4.78, 5) is 14.4. The van der Waals surface area contributed by atoms with Gasteiger partial charge in [0.05, 0.1) is 0 Å². The van der Waals surface area contributed by atoms with Crippen LogP contribution in [0.5, 0.6) is 0 Å². The summed E-state index contributed by atoms with van der Waals surface area (Å²) in [6.45, 7) is 4.40. The molecule has 4 N–H and O–H groups in total. The minimum absolute atomic E-state index is 0.0429. The fraction of sp³-hybridized carbons (Fsp3) is 0.833. The molecule has 6 heteroatoms. The van der Waals surface area contributed by atoms with E-state index in [-0.39, 0.29) is 11.7 Å². The minimum atomic E-state index is -0.792. The highest BCUT2D eigenvalue weighted by Gasteiger charge is 2.45. The molecule has 1 fully saturated rings. The fourth-order valence-electron chi connectivity index (χ4n) is 2.36. The van der Waals surface area contributed by atoms with Crippen LogP contribution < -0.4 is 11.1 Å². The van der Waals surface area contributed by atoms with E-state index in [4.69, 9.17) is 10.9 Å². The third-order valence-corrected chi connectivity index (χ3v) is 3.81. The number of nitrogens with one attached hydrogen (secondary N) is 1. The molecular formula is C12H24N4O2. The van der Waals surface area contributed by atoms with Crippen molar-refractivity contribution < 1.29 is 10.0 Å². The molecule has 18 heavy (non-hydrogen) atoms. The van der Waals surface area contributed by atoms with Crippen molar-refractivity contribution in [2.45, 2.75) is 32.6 Å². The van der Waals surface area contributed by atoms with E-state index in [9.17, 15) is 4.79 Å². The van der Waals surface area contributed by atoms with E-state index in [2.05, 4.69) is 22.3 Å². The first-order chi connectivity index (χ1) is 8.56. The molecule has 0 bridgehead atoms. The van der Waals surface area contributed by atoms with Crippen molar-refractivity contribution in [3.63, 3.8) is 0 Å². The number of nitrogens with two attached hydrogens (primary N) is 1. The third-order valence-electron chi connectivity index (χ3n) is 3.81. The maximum absolute atomic E-state index is 12.2. The van der Waals surface area contributed by atoms with Crippen molar-refractivity contribution in [1.82, 2.24) is 10.2 Å². The molecule has 0 aromatic rings. The van der Waals surface area contributed by atoms with Gasteiger partial charge in [-0.2, -0.15) is 0 Å². The maximum Gasteiger partial charge on any atom is 0.233 e. The number of hydrogen-bond donors (Lipinski definition) is 3. The van der Waals surface area contributed by atoms with Crippen LogP contribution in [-0.4, -0.2) is 48.5 Å². The van der Waals surface area contributed by atoms with Crippen LogP contribution in [-0.2, 0) is 4.79 Å². The molecule has 0 saturated heterocycles. The Morgan fingerprint density at radius 3 is 2.61 bits per heavy atom. The number of amidine groups is 1. The predicted molar refractivity (Wildman–Crippen MR) is 70.5 cm³/mol. The Labute approximate surface area is 108 Å². The van der Waals surface area contributed by atoms with E-state index in [1.165, 1.54) is 0 Å². The van der Waals surface area contributed by atoms with Crippen molar-refractivity contribution >= 4 is 11.7 Å². The zero-order valence-electron chi connectivity index (χ0n) is 11.3. The summed E-state index contributed by atoms with van der Waals surface area (Å²) < 4.78 is 0. The van der Waals surface area contributed by atoms with Crippen molar-refractivity contribution in [2.75, 3.05) is 26.7 Å². The average molecular weight is 256 g/mol. The van der Waals surface area contributed by atoms with Crippen LogP contribution in [0, 0.1) is 5.41 Å². The second-order valence-electron chi connectivity index (χ2n) is 4.93. The topological polar surface area (TPSA) is 91.0 Å². The van der Waals surface area contributed by atoms with Crippen LogP contribution in [0.2, 0.25) is 0 Å². The average Bonchev–Trinajstić information content (AvgIpc) is 2.88. The normalized spacial score (nSPS) is 19.2. The van der Waals surface area contributed by atoms with E-state index in [0.29, 0.717) is 19.4 Å². The molecule has 0 atom stereocenters. The van der Waals surface area contributed by atoms with Crippen LogP contribution in [0.3, 0.4) is 0 Å². The van der Waals surface area contributed by atoms with Gasteiger partial charge in [-0.15, -0.1) is 0 Å². The zero-order valence-corrected chi connectivity index (χ0v) is 11.3. The predicted octanol–water partition coefficient (Wildman–Crippen LogP) is 0.361. The highest BCUT2D eigenvalue weighted by molar-refractivity contribution is 6.07. The van der Waals surface area contributed by atoms with Crippen LogP contribution in [0.25, 0.3) is 0 Å². The molecule has 0 heterocycles. The van der Waals surface area contributed by atoms with Crippen LogP contribution in [0.1, 0.15) is 32.6 Å². The molecule has 1 aliphatic rings. The summed E-state index contributed by atoms with van der Waals surface area (Å²) in [5, 5.41) is 14.8. The van der Waals surface area contributed by atoms with Gasteiger partial charge in [-0.25, -0.2) is 0 Å². The zero-order chi connectivity index (χ0) is 13.6. The van der Waals surface area contributed by atoms with Gasteiger partial charge in [-0.3, -0.25) is 4.79 Å². The SMILES string of the molecule is CCN(C)CCNC(=O)C1(C(N)=NO)CCCC1. The van der Waals surface area contributed by atoms with E-state index in [1.807, 2.05) is 7.05 Å². The minimum Gasteiger partial charge on any atom is -0.409 e. The molecule has 0 spiro atoms. The first kappa shape index (κ1) is 14.8. The number of hydrogen-bond acceptors (Lipinski definition) is 4. The smallest absolute Gasteiger partial charge is 0.233 e. The van der Waals surface area contributed by atoms with Crippen molar-refractivity contribution in [3.8, 4) is 0 Å². The van der Waals surface area contributed by atoms with Crippen molar-refractivity contribution in [2.24, 2.45) is 16.3 Å². The number of carbonyl (C=O) groups is 1. The van der Waals surface area contributed by atoms with Crippen LogP contribution in [0.4, 0.5) is 0 Å². The number of likely N-dealkylation sites (N-methyl/N-ethyl adjacent to an activating group) is 1. The maximum atomic E-state index is 12.2. The second-order valence-corrected chi connectivity index (χ2v) is 4.93. The molecule has 0 unspecified atom stereocenters. The van der Waals surface area contributed by atoms with Gasteiger partial charge in [-0.1, -0.05) is 24.9 Å². The van der Waals surface area contributed by atoms with Gasteiger partial charge in [0.1, 0.15) is 5.41 Å². The molecule has 0 aromatic heterocycles. The number of nitrogens with zero attached hydrogens (tertiary/aromatic N) is 2. The lowest BCUT2D eigenvalue weighted by atomic mass is 9.84. The summed E-state index contributed by atoms with van der Waals surface area (Å²) in [7, 11) is 2.00. The van der Waals surface area contributed by atoms with Gasteiger partial charge in [0.25, 0.3) is 0 Å². The molecule has 6 nitrogen and oxygen atoms in total. The van der Waals surface area contributed by atoms with E-state index < -0.39 is 5.41 Å². The Hall–Kier alpha value is -1.30. The quantitative estimate of drug-likeness (QED) is 0.277. The second kappa shape index (κ2) is 6.58. The van der Waals surface area contributed by atoms with E-state index in [0.717, 1.165) is 25.9 Å². The summed E-state index contributed by atoms with van der Waals surface area (Å²) in [6, 6.07) is 0. The molecular weight excluding hydrogens is 232 g/mol. The Balaban J connectivity index is 2.57. The largest absolute Gasteiger partial charge is 0.409 e. The third kappa shape index (κ3) is 3.13. The number of amides is 1. The summed E-state index contributed by atoms with van der Waals surface area (Å²) in [5.74, 6) is -0.0684. The van der Waals surface area contributed by atoms with E-state index >= 15 is 0 Å². The number of rotatable bonds is 6. The first-order valence-electron chi connectivity index (χ1n) is 6.51. The van der Waals surface area contributed by atoms with E-state index in [1.54, 1.807) is 0 Å². The fourth-order valence-corrected chi connectivity index (χ4v) is 2.36. The van der Waals surface area contributed by atoms with Crippen molar-refractivity contribution in [1.29, 1.82) is 0 Å². The van der Waals surface area contributed by atoms with Gasteiger partial charge in [0.15, 0.2) is 5.84 Å². The monoisotopic (exact) mass is 256 g/mol. The van der Waals surface area contributed by atoms with Gasteiger partial charge >= 0.3 is 0 Å². The number of oxime groups is 1. The molecule has 0 aliphatic heterocycles. The number of carbonyl (C=O) groups excluding carboxylic acids is 1. The lowest BCUT2D eigenvalue weighted by Gasteiger charge is -2.26. The highest BCUT2D eigenvalue weighted by atomic mass is 16.4. The highest BCUT2D eigenvalue weighted by Crippen LogP contribution is 2.38. The summed E-state index contributed by atoms with van der Waals surface area (Å²) >= 11 is 0. The Bertz CT molecular complexity index is 311. The first-order valence-corrected chi connectivity index (χ1v) is 6.51. The lowest BCUT2D eigenvalue weighted by molar-refractivity contribution is -0.127. The Morgan fingerprint density at radius 2 is 2.11 bits per heavy atom. The summed E-state index contributed by atoms with van der Waals surface area (Å²) in [5.41, 5.74) is 4.91. The standard InChI is InChI=1S/C12H24N4O2/c1-3-16(2)9-8-14-11(17)12(10(13)15-18)6-4-5-7-12/h18H,3-9H2,1-2H3,(H2,13,15)(H,14,17). The molecule has 0 radical (unpaired) electrons. The molecule has 1 amide bonds.